The number of anilines is 2. The van der Waals surface area contributed by atoms with Crippen LogP contribution in [0.4, 0.5) is 11.4 Å². The second-order valence-electron chi connectivity index (χ2n) is 6.26. The van der Waals surface area contributed by atoms with Gasteiger partial charge in [0.2, 0.25) is 5.91 Å². The number of hydrogen-bond acceptors (Lipinski definition) is 4. The molecule has 2 aromatic carbocycles. The van der Waals surface area contributed by atoms with Crippen molar-refractivity contribution in [3.8, 4) is 5.75 Å². The summed E-state index contributed by atoms with van der Waals surface area (Å²) in [6, 6.07) is 19.6. The maximum absolute atomic E-state index is 12.0. The van der Waals surface area contributed by atoms with Gasteiger partial charge in [-0.05, 0) is 53.6 Å². The van der Waals surface area contributed by atoms with Crippen LogP contribution in [0.5, 0.6) is 5.75 Å². The number of nitrogens with zero attached hydrogens (tertiary/aromatic N) is 2. The van der Waals surface area contributed by atoms with Gasteiger partial charge in [0, 0.05) is 43.4 Å². The van der Waals surface area contributed by atoms with Gasteiger partial charge in [-0.2, -0.15) is 0 Å². The van der Waals surface area contributed by atoms with Gasteiger partial charge >= 0.3 is 0 Å². The van der Waals surface area contributed by atoms with Crippen molar-refractivity contribution >= 4 is 23.4 Å². The summed E-state index contributed by atoms with van der Waals surface area (Å²) in [5.74, 6) is 0.661. The van der Waals surface area contributed by atoms with Gasteiger partial charge in [-0.25, -0.2) is 0 Å². The number of carbonyl (C=O) groups excluding carboxylic acids is 1. The second kappa shape index (κ2) is 9.37. The Morgan fingerprint density at radius 2 is 1.64 bits per heavy atom. The Morgan fingerprint density at radius 1 is 1.00 bits per heavy atom. The van der Waals surface area contributed by atoms with E-state index in [1.165, 1.54) is 6.08 Å². The fraction of sp³-hybridized carbons (Fsp3) is 0.130. The number of pyridine rings is 1. The van der Waals surface area contributed by atoms with Gasteiger partial charge in [-0.1, -0.05) is 24.3 Å². The van der Waals surface area contributed by atoms with E-state index in [4.69, 9.17) is 4.74 Å². The molecule has 0 fully saturated rings. The first-order valence-electron chi connectivity index (χ1n) is 8.98. The smallest absolute Gasteiger partial charge is 0.244 e. The van der Waals surface area contributed by atoms with Crippen molar-refractivity contribution in [1.29, 1.82) is 0 Å². The van der Waals surface area contributed by atoms with Gasteiger partial charge in [0.05, 0.1) is 7.11 Å². The van der Waals surface area contributed by atoms with Crippen LogP contribution in [0.2, 0.25) is 0 Å². The summed E-state index contributed by atoms with van der Waals surface area (Å²) in [4.78, 5) is 18.2. The van der Waals surface area contributed by atoms with E-state index < -0.39 is 0 Å². The number of amides is 1. The summed E-state index contributed by atoms with van der Waals surface area (Å²) in [6.45, 7) is 0.477. The summed E-state index contributed by atoms with van der Waals surface area (Å²) in [5, 5.41) is 2.90. The monoisotopic (exact) mass is 373 g/mol. The third kappa shape index (κ3) is 5.20. The average molecular weight is 373 g/mol. The van der Waals surface area contributed by atoms with Gasteiger partial charge in [0.15, 0.2) is 0 Å². The Balaban J connectivity index is 1.52. The molecular weight excluding hydrogens is 350 g/mol. The molecule has 5 heteroatoms. The molecule has 3 aromatic rings. The molecule has 0 bridgehead atoms. The van der Waals surface area contributed by atoms with Crippen molar-refractivity contribution < 1.29 is 9.53 Å². The molecule has 0 aliphatic carbocycles. The van der Waals surface area contributed by atoms with E-state index in [0.29, 0.717) is 6.54 Å². The predicted octanol–water partition coefficient (Wildman–Crippen LogP) is 4.19. The number of methoxy groups -OCH3 is 1. The normalized spacial score (nSPS) is 10.6. The minimum atomic E-state index is -0.131. The summed E-state index contributed by atoms with van der Waals surface area (Å²) in [7, 11) is 3.64. The fourth-order valence-electron chi connectivity index (χ4n) is 2.69. The third-order valence-electron chi connectivity index (χ3n) is 4.38. The minimum absolute atomic E-state index is 0.131. The van der Waals surface area contributed by atoms with E-state index in [1.54, 1.807) is 25.6 Å². The predicted molar refractivity (Wildman–Crippen MR) is 113 cm³/mol. The van der Waals surface area contributed by atoms with Crippen LogP contribution in [0.1, 0.15) is 11.1 Å². The van der Waals surface area contributed by atoms with E-state index in [-0.39, 0.29) is 5.91 Å². The molecule has 0 saturated carbocycles. The lowest BCUT2D eigenvalue weighted by molar-refractivity contribution is -0.116. The zero-order chi connectivity index (χ0) is 19.8. The molecule has 3 rings (SSSR count). The lowest BCUT2D eigenvalue weighted by atomic mass is 10.2. The highest BCUT2D eigenvalue weighted by Gasteiger charge is 2.04. The minimum Gasteiger partial charge on any atom is -0.497 e. The highest BCUT2D eigenvalue weighted by molar-refractivity contribution is 5.91. The molecule has 1 aromatic heterocycles. The molecule has 0 unspecified atom stereocenters. The molecule has 0 aliphatic heterocycles. The molecule has 1 amide bonds. The highest BCUT2D eigenvalue weighted by Crippen LogP contribution is 2.22. The van der Waals surface area contributed by atoms with E-state index >= 15 is 0 Å². The molecule has 0 saturated heterocycles. The molecule has 1 N–H and O–H groups in total. The summed E-state index contributed by atoms with van der Waals surface area (Å²) in [5.41, 5.74) is 4.12. The van der Waals surface area contributed by atoms with Crippen molar-refractivity contribution in [3.63, 3.8) is 0 Å². The van der Waals surface area contributed by atoms with Crippen LogP contribution < -0.4 is 15.0 Å². The first kappa shape index (κ1) is 19.2. The molecule has 0 spiro atoms. The highest BCUT2D eigenvalue weighted by atomic mass is 16.5. The second-order valence-corrected chi connectivity index (χ2v) is 6.26. The van der Waals surface area contributed by atoms with Crippen LogP contribution in [0, 0.1) is 0 Å². The van der Waals surface area contributed by atoms with Crippen LogP contribution in [0.25, 0.3) is 6.08 Å². The summed E-state index contributed by atoms with van der Waals surface area (Å²) < 4.78 is 5.12. The van der Waals surface area contributed by atoms with E-state index in [1.807, 2.05) is 67.7 Å². The maximum Gasteiger partial charge on any atom is 0.244 e. The van der Waals surface area contributed by atoms with Crippen LogP contribution in [0.15, 0.2) is 79.1 Å². The molecule has 28 heavy (non-hydrogen) atoms. The first-order chi connectivity index (χ1) is 13.7. The lowest BCUT2D eigenvalue weighted by Gasteiger charge is -2.19. The quantitative estimate of drug-likeness (QED) is 0.631. The molecule has 0 atom stereocenters. The Kier molecular flexibility index (Phi) is 6.41. The average Bonchev–Trinajstić information content (AvgIpc) is 2.77. The summed E-state index contributed by atoms with van der Waals surface area (Å²) >= 11 is 0. The maximum atomic E-state index is 12.0. The Labute approximate surface area is 165 Å². The fourth-order valence-corrected chi connectivity index (χ4v) is 2.69. The Hall–Kier alpha value is -3.60. The molecule has 1 heterocycles. The summed E-state index contributed by atoms with van der Waals surface area (Å²) in [6.07, 6.45) is 6.86. The van der Waals surface area contributed by atoms with Crippen LogP contribution in [-0.2, 0) is 11.3 Å². The number of ether oxygens (including phenoxy) is 1. The van der Waals surface area contributed by atoms with Crippen molar-refractivity contribution in [2.24, 2.45) is 0 Å². The van der Waals surface area contributed by atoms with E-state index in [0.717, 1.165) is 28.3 Å². The topological polar surface area (TPSA) is 54.5 Å². The van der Waals surface area contributed by atoms with Crippen molar-refractivity contribution in [3.05, 3.63) is 90.3 Å². The zero-order valence-electron chi connectivity index (χ0n) is 16.0. The SMILES string of the molecule is COc1ccc(/C=C/C(=O)NCc2ccc(N(C)c3ccncc3)cc2)cc1. The number of rotatable bonds is 7. The standard InChI is InChI=1S/C23H23N3O2/c1-26(21-13-15-24-16-14-21)20-8-3-19(4-9-20)17-25-23(27)12-7-18-5-10-22(28-2)11-6-18/h3-16H,17H2,1-2H3,(H,25,27)/b12-7+. The number of benzene rings is 2. The van der Waals surface area contributed by atoms with Gasteiger partial charge in [-0.3, -0.25) is 9.78 Å². The number of aromatic nitrogens is 1. The Bertz CT molecular complexity index is 920. The van der Waals surface area contributed by atoms with Gasteiger partial charge in [0.1, 0.15) is 5.75 Å². The molecule has 0 aliphatic rings. The van der Waals surface area contributed by atoms with Crippen LogP contribution in [0.3, 0.4) is 0 Å². The Morgan fingerprint density at radius 3 is 2.29 bits per heavy atom. The van der Waals surface area contributed by atoms with Crippen molar-refractivity contribution in [2.75, 3.05) is 19.1 Å². The number of carbonyl (C=O) groups is 1. The molecule has 0 radical (unpaired) electrons. The van der Waals surface area contributed by atoms with E-state index in [2.05, 4.69) is 15.2 Å². The largest absolute Gasteiger partial charge is 0.497 e. The molecule has 142 valence electrons. The van der Waals surface area contributed by atoms with Crippen molar-refractivity contribution in [1.82, 2.24) is 10.3 Å². The van der Waals surface area contributed by atoms with E-state index in [9.17, 15) is 4.79 Å². The first-order valence-corrected chi connectivity index (χ1v) is 8.98. The number of hydrogen-bond donors (Lipinski definition) is 1. The van der Waals surface area contributed by atoms with Crippen LogP contribution in [-0.4, -0.2) is 25.0 Å². The van der Waals surface area contributed by atoms with Gasteiger partial charge in [0.25, 0.3) is 0 Å². The van der Waals surface area contributed by atoms with Gasteiger partial charge < -0.3 is 15.0 Å². The van der Waals surface area contributed by atoms with Crippen molar-refractivity contribution in [2.45, 2.75) is 6.54 Å². The molecular formula is C23H23N3O2. The van der Waals surface area contributed by atoms with Gasteiger partial charge in [-0.15, -0.1) is 0 Å². The lowest BCUT2D eigenvalue weighted by Crippen LogP contribution is -2.20. The van der Waals surface area contributed by atoms with Crippen LogP contribution >= 0.6 is 0 Å². The zero-order valence-corrected chi connectivity index (χ0v) is 16.0. The molecule has 5 nitrogen and oxygen atoms in total. The number of nitrogens with one attached hydrogen (secondary N) is 1. The third-order valence-corrected chi connectivity index (χ3v) is 4.38.